The molecule has 1 aliphatic heterocycles. The molecule has 1 saturated heterocycles. The van der Waals surface area contributed by atoms with E-state index in [0.717, 1.165) is 55.7 Å². The second-order valence-electron chi connectivity index (χ2n) is 9.03. The Bertz CT molecular complexity index is 975. The minimum absolute atomic E-state index is 0.237. The third kappa shape index (κ3) is 5.51. The summed E-state index contributed by atoms with van der Waals surface area (Å²) >= 11 is 0. The van der Waals surface area contributed by atoms with E-state index in [1.807, 2.05) is 31.0 Å². The number of hydrogen-bond acceptors (Lipinski definition) is 6. The number of likely N-dealkylation sites (N-methyl/N-ethyl adjacent to an activating group) is 1. The molecule has 2 aromatic rings. The fourth-order valence-corrected chi connectivity index (χ4v) is 4.92. The van der Waals surface area contributed by atoms with Gasteiger partial charge >= 0.3 is 5.63 Å². The molecule has 1 aliphatic carbocycles. The molecule has 1 saturated carbocycles. The van der Waals surface area contributed by atoms with E-state index in [1.165, 1.54) is 19.3 Å². The highest BCUT2D eigenvalue weighted by atomic mass is 16.5. The normalized spacial score (nSPS) is 18.7. The Balaban J connectivity index is 1.34. The minimum atomic E-state index is -0.327. The molecule has 0 radical (unpaired) electrons. The van der Waals surface area contributed by atoms with Gasteiger partial charge in [-0.1, -0.05) is 19.3 Å². The number of benzene rings is 1. The molecular weight excluding hydrogens is 406 g/mol. The number of amides is 1. The van der Waals surface area contributed by atoms with E-state index < -0.39 is 0 Å². The lowest BCUT2D eigenvalue weighted by Crippen LogP contribution is -2.50. The highest BCUT2D eigenvalue weighted by Crippen LogP contribution is 2.25. The average Bonchev–Trinajstić information content (AvgIpc) is 2.81. The van der Waals surface area contributed by atoms with E-state index in [1.54, 1.807) is 12.1 Å². The van der Waals surface area contributed by atoms with Crippen molar-refractivity contribution < 1.29 is 13.9 Å². The summed E-state index contributed by atoms with van der Waals surface area (Å²) in [7, 11) is 1.97. The zero-order chi connectivity index (χ0) is 22.5. The van der Waals surface area contributed by atoms with E-state index in [0.29, 0.717) is 31.3 Å². The van der Waals surface area contributed by atoms with Crippen molar-refractivity contribution in [2.24, 2.45) is 0 Å². The van der Waals surface area contributed by atoms with Crippen LogP contribution in [0.3, 0.4) is 0 Å². The van der Waals surface area contributed by atoms with Gasteiger partial charge in [0.15, 0.2) is 0 Å². The van der Waals surface area contributed by atoms with E-state index >= 15 is 0 Å². The summed E-state index contributed by atoms with van der Waals surface area (Å²) in [5, 5.41) is 0.919. The summed E-state index contributed by atoms with van der Waals surface area (Å²) < 4.78 is 11.0. The molecule has 32 heavy (non-hydrogen) atoms. The lowest BCUT2D eigenvalue weighted by molar-refractivity contribution is -0.134. The first-order valence-corrected chi connectivity index (χ1v) is 11.9. The number of piperazine rings is 1. The third-order valence-corrected chi connectivity index (χ3v) is 6.84. The molecule has 1 aromatic carbocycles. The molecule has 0 atom stereocenters. The van der Waals surface area contributed by atoms with Crippen LogP contribution in [0, 0.1) is 0 Å². The number of fused-ring (bicyclic) bond motifs is 1. The Morgan fingerprint density at radius 2 is 1.81 bits per heavy atom. The second-order valence-corrected chi connectivity index (χ2v) is 9.03. The summed E-state index contributed by atoms with van der Waals surface area (Å²) in [5.74, 6) is 1.01. The number of rotatable bonds is 7. The van der Waals surface area contributed by atoms with Crippen LogP contribution in [0.4, 0.5) is 0 Å². The molecule has 0 spiro atoms. The summed E-state index contributed by atoms with van der Waals surface area (Å²) in [5.41, 5.74) is 1.22. The first-order chi connectivity index (χ1) is 15.5. The van der Waals surface area contributed by atoms with Gasteiger partial charge in [-0.3, -0.25) is 14.6 Å². The maximum atomic E-state index is 12.8. The summed E-state index contributed by atoms with van der Waals surface area (Å²) in [6.45, 7) is 7.17. The predicted octanol–water partition coefficient (Wildman–Crippen LogP) is 3.10. The molecule has 2 fully saturated rings. The Labute approximate surface area is 189 Å². The van der Waals surface area contributed by atoms with Gasteiger partial charge in [0.25, 0.3) is 0 Å². The Morgan fingerprint density at radius 1 is 1.09 bits per heavy atom. The Hall–Kier alpha value is -2.38. The van der Waals surface area contributed by atoms with E-state index in [4.69, 9.17) is 9.15 Å². The second kappa shape index (κ2) is 10.5. The molecule has 1 amide bonds. The molecule has 4 rings (SSSR count). The van der Waals surface area contributed by atoms with Crippen molar-refractivity contribution in [2.45, 2.75) is 51.6 Å². The molecule has 0 bridgehead atoms. The van der Waals surface area contributed by atoms with Crippen LogP contribution in [-0.2, 0) is 11.3 Å². The van der Waals surface area contributed by atoms with Gasteiger partial charge in [-0.15, -0.1) is 0 Å². The summed E-state index contributed by atoms with van der Waals surface area (Å²) in [4.78, 5) is 31.4. The van der Waals surface area contributed by atoms with Crippen molar-refractivity contribution in [1.82, 2.24) is 14.7 Å². The number of nitrogens with zero attached hydrogens (tertiary/aromatic N) is 3. The maximum Gasteiger partial charge on any atom is 0.336 e. The molecular formula is C25H35N3O4. The molecule has 0 N–H and O–H groups in total. The van der Waals surface area contributed by atoms with Crippen LogP contribution in [0.5, 0.6) is 5.75 Å². The third-order valence-electron chi connectivity index (χ3n) is 6.84. The van der Waals surface area contributed by atoms with Crippen molar-refractivity contribution in [3.8, 4) is 5.75 Å². The van der Waals surface area contributed by atoms with Crippen LogP contribution in [0.2, 0.25) is 0 Å². The zero-order valence-electron chi connectivity index (χ0n) is 19.3. The topological polar surface area (TPSA) is 66.2 Å². The van der Waals surface area contributed by atoms with E-state index in [2.05, 4.69) is 9.80 Å². The van der Waals surface area contributed by atoms with Gasteiger partial charge in [0.1, 0.15) is 11.3 Å². The lowest BCUT2D eigenvalue weighted by atomic mass is 9.94. The Morgan fingerprint density at radius 3 is 2.53 bits per heavy atom. The predicted molar refractivity (Wildman–Crippen MR) is 125 cm³/mol. The molecule has 0 unspecified atom stereocenters. The van der Waals surface area contributed by atoms with E-state index in [-0.39, 0.29) is 11.5 Å². The molecule has 7 nitrogen and oxygen atoms in total. The minimum Gasteiger partial charge on any atom is -0.494 e. The quantitative estimate of drug-likeness (QED) is 0.615. The van der Waals surface area contributed by atoms with Gasteiger partial charge < -0.3 is 14.1 Å². The van der Waals surface area contributed by atoms with Gasteiger partial charge in [0.05, 0.1) is 13.2 Å². The van der Waals surface area contributed by atoms with Gasteiger partial charge in [0, 0.05) is 57.3 Å². The van der Waals surface area contributed by atoms with Gasteiger partial charge in [-0.05, 0) is 43.5 Å². The molecule has 2 aliphatic rings. The van der Waals surface area contributed by atoms with Crippen LogP contribution < -0.4 is 10.4 Å². The lowest BCUT2D eigenvalue weighted by Gasteiger charge is -2.37. The number of ether oxygens (including phenoxy) is 1. The smallest absolute Gasteiger partial charge is 0.336 e. The first kappa shape index (κ1) is 22.8. The summed E-state index contributed by atoms with van der Waals surface area (Å²) in [6, 6.07) is 7.59. The number of hydrogen-bond donors (Lipinski definition) is 0. The van der Waals surface area contributed by atoms with Crippen molar-refractivity contribution >= 4 is 16.9 Å². The fraction of sp³-hybridized carbons (Fsp3) is 0.600. The maximum absolute atomic E-state index is 12.8. The standard InChI is InChI=1S/C25H35N3O4/c1-3-31-21-9-10-23-22(16-21)19(15-25(30)32-23)17-27-11-13-28(14-12-27)18-24(29)26(2)20-7-5-4-6-8-20/h9-10,15-16,20H,3-8,11-14,17-18H2,1-2H3. The fourth-order valence-electron chi connectivity index (χ4n) is 4.92. The molecule has 2 heterocycles. The largest absolute Gasteiger partial charge is 0.494 e. The van der Waals surface area contributed by atoms with Crippen molar-refractivity contribution in [3.05, 3.63) is 40.2 Å². The zero-order valence-corrected chi connectivity index (χ0v) is 19.3. The molecule has 174 valence electrons. The summed E-state index contributed by atoms with van der Waals surface area (Å²) in [6.07, 6.45) is 6.05. The van der Waals surface area contributed by atoms with Crippen LogP contribution >= 0.6 is 0 Å². The highest BCUT2D eigenvalue weighted by molar-refractivity contribution is 5.81. The van der Waals surface area contributed by atoms with Crippen LogP contribution in [0.1, 0.15) is 44.6 Å². The van der Waals surface area contributed by atoms with Gasteiger partial charge in [0.2, 0.25) is 5.91 Å². The molecule has 1 aromatic heterocycles. The van der Waals surface area contributed by atoms with Crippen molar-refractivity contribution in [2.75, 3.05) is 46.4 Å². The SMILES string of the molecule is CCOc1ccc2oc(=O)cc(CN3CCN(CC(=O)N(C)C4CCCCC4)CC3)c2c1. The monoisotopic (exact) mass is 441 g/mol. The Kier molecular flexibility index (Phi) is 7.48. The first-order valence-electron chi connectivity index (χ1n) is 11.9. The number of carbonyl (C=O) groups excluding carboxylic acids is 1. The van der Waals surface area contributed by atoms with Crippen LogP contribution in [0.25, 0.3) is 11.0 Å². The van der Waals surface area contributed by atoms with Crippen LogP contribution in [0.15, 0.2) is 33.5 Å². The van der Waals surface area contributed by atoms with Crippen LogP contribution in [-0.4, -0.2) is 73.0 Å². The average molecular weight is 442 g/mol. The highest BCUT2D eigenvalue weighted by Gasteiger charge is 2.25. The van der Waals surface area contributed by atoms with Crippen molar-refractivity contribution in [3.63, 3.8) is 0 Å². The number of carbonyl (C=O) groups is 1. The molecule has 7 heteroatoms. The van der Waals surface area contributed by atoms with Gasteiger partial charge in [-0.25, -0.2) is 4.79 Å². The van der Waals surface area contributed by atoms with Crippen molar-refractivity contribution in [1.29, 1.82) is 0 Å². The van der Waals surface area contributed by atoms with Gasteiger partial charge in [-0.2, -0.15) is 0 Å². The van der Waals surface area contributed by atoms with E-state index in [9.17, 15) is 9.59 Å².